The van der Waals surface area contributed by atoms with E-state index in [0.717, 1.165) is 0 Å². The molecule has 0 bridgehead atoms. The number of carbonyl (C=O) groups excluding carboxylic acids is 1. The molecule has 21 heavy (non-hydrogen) atoms. The van der Waals surface area contributed by atoms with Crippen LogP contribution in [0.25, 0.3) is 10.8 Å². The molecule has 4 rings (SSSR count). The van der Waals surface area contributed by atoms with Gasteiger partial charge in [0.15, 0.2) is 5.78 Å². The molecule has 1 aliphatic carbocycles. The summed E-state index contributed by atoms with van der Waals surface area (Å²) in [7, 11) is 0. The molecular weight excluding hydrogens is 270 g/mol. The average Bonchev–Trinajstić information content (AvgIpc) is 2.47. The van der Waals surface area contributed by atoms with Gasteiger partial charge in [-0.25, -0.2) is 8.78 Å². The minimum Gasteiger partial charge on any atom is -0.288 e. The van der Waals surface area contributed by atoms with Crippen LogP contribution < -0.4 is 0 Å². The maximum Gasteiger partial charge on any atom is 0.197 e. The summed E-state index contributed by atoms with van der Waals surface area (Å²) in [6, 6.07) is 13.0. The van der Waals surface area contributed by atoms with Gasteiger partial charge in [-0.2, -0.15) is 0 Å². The molecule has 3 aromatic rings. The van der Waals surface area contributed by atoms with Crippen LogP contribution in [0.4, 0.5) is 8.78 Å². The zero-order valence-corrected chi connectivity index (χ0v) is 11.0. The predicted molar refractivity (Wildman–Crippen MR) is 76.5 cm³/mol. The van der Waals surface area contributed by atoms with Crippen LogP contribution in [-0.4, -0.2) is 5.78 Å². The van der Waals surface area contributed by atoms with Gasteiger partial charge in [-0.15, -0.1) is 0 Å². The number of halogens is 2. The van der Waals surface area contributed by atoms with Gasteiger partial charge in [0.1, 0.15) is 11.6 Å². The van der Waals surface area contributed by atoms with Gasteiger partial charge in [0.2, 0.25) is 0 Å². The average molecular weight is 280 g/mol. The quantitative estimate of drug-likeness (QED) is 0.470. The Morgan fingerprint density at radius 3 is 2.52 bits per heavy atom. The van der Waals surface area contributed by atoms with E-state index in [-0.39, 0.29) is 12.0 Å². The van der Waals surface area contributed by atoms with E-state index >= 15 is 0 Å². The zero-order valence-electron chi connectivity index (χ0n) is 11.0. The van der Waals surface area contributed by atoms with Crippen molar-refractivity contribution in [2.75, 3.05) is 0 Å². The highest BCUT2D eigenvalue weighted by Gasteiger charge is 2.29. The van der Waals surface area contributed by atoms with E-state index in [1.807, 2.05) is 0 Å². The van der Waals surface area contributed by atoms with E-state index in [1.165, 1.54) is 12.1 Å². The number of benzene rings is 3. The topological polar surface area (TPSA) is 17.1 Å². The highest BCUT2D eigenvalue weighted by molar-refractivity contribution is 6.19. The maximum atomic E-state index is 14.3. The predicted octanol–water partition coefficient (Wildman–Crippen LogP) is 4.25. The minimum atomic E-state index is -0.545. The molecule has 0 fully saturated rings. The van der Waals surface area contributed by atoms with Gasteiger partial charge in [-0.3, -0.25) is 4.79 Å². The van der Waals surface area contributed by atoms with E-state index in [4.69, 9.17) is 0 Å². The Hall–Kier alpha value is -2.55. The highest BCUT2D eigenvalue weighted by atomic mass is 19.1. The molecule has 0 aliphatic heterocycles. The van der Waals surface area contributed by atoms with Crippen LogP contribution in [0, 0.1) is 11.6 Å². The van der Waals surface area contributed by atoms with Crippen molar-refractivity contribution in [2.45, 2.75) is 6.42 Å². The van der Waals surface area contributed by atoms with Crippen molar-refractivity contribution in [3.05, 3.63) is 82.4 Å². The molecule has 102 valence electrons. The first kappa shape index (κ1) is 12.2. The van der Waals surface area contributed by atoms with Gasteiger partial charge in [-0.1, -0.05) is 36.4 Å². The molecule has 3 aromatic carbocycles. The third-order valence-corrected chi connectivity index (χ3v) is 4.02. The maximum absolute atomic E-state index is 14.3. The van der Waals surface area contributed by atoms with E-state index in [9.17, 15) is 13.6 Å². The summed E-state index contributed by atoms with van der Waals surface area (Å²) in [5, 5.41) is 1.33. The fourth-order valence-electron chi connectivity index (χ4n) is 3.07. The highest BCUT2D eigenvalue weighted by Crippen LogP contribution is 2.35. The van der Waals surface area contributed by atoms with Gasteiger partial charge in [-0.05, 0) is 28.5 Å². The van der Waals surface area contributed by atoms with Gasteiger partial charge in [0.25, 0.3) is 0 Å². The SMILES string of the molecule is O=C1c2c(F)cccc2Cc2c(F)cc3ccccc3c21. The van der Waals surface area contributed by atoms with Crippen LogP contribution >= 0.6 is 0 Å². The molecule has 0 radical (unpaired) electrons. The molecular formula is C18H10F2O. The molecule has 0 N–H and O–H groups in total. The second-order valence-corrected chi connectivity index (χ2v) is 5.21. The molecule has 0 aromatic heterocycles. The molecule has 0 atom stereocenters. The fraction of sp³-hybridized carbons (Fsp3) is 0.0556. The van der Waals surface area contributed by atoms with Crippen molar-refractivity contribution in [3.8, 4) is 0 Å². The summed E-state index contributed by atoms with van der Waals surface area (Å²) in [5.74, 6) is -1.39. The fourth-order valence-corrected chi connectivity index (χ4v) is 3.07. The van der Waals surface area contributed by atoms with E-state index in [2.05, 4.69) is 0 Å². The van der Waals surface area contributed by atoms with Crippen LogP contribution in [-0.2, 0) is 6.42 Å². The number of ketones is 1. The lowest BCUT2D eigenvalue weighted by Gasteiger charge is -2.21. The van der Waals surface area contributed by atoms with Crippen LogP contribution in [0.2, 0.25) is 0 Å². The summed E-state index contributed by atoms with van der Waals surface area (Å²) in [4.78, 5) is 12.7. The molecule has 0 spiro atoms. The van der Waals surface area contributed by atoms with Crippen LogP contribution in [0.5, 0.6) is 0 Å². The van der Waals surface area contributed by atoms with Crippen molar-refractivity contribution < 1.29 is 13.6 Å². The Morgan fingerprint density at radius 2 is 1.67 bits per heavy atom. The molecule has 0 heterocycles. The summed E-state index contributed by atoms with van der Waals surface area (Å²) in [5.41, 5.74) is 1.27. The third kappa shape index (κ3) is 1.64. The third-order valence-electron chi connectivity index (χ3n) is 4.02. The van der Waals surface area contributed by atoms with Crippen molar-refractivity contribution in [2.24, 2.45) is 0 Å². The smallest absolute Gasteiger partial charge is 0.197 e. The van der Waals surface area contributed by atoms with E-state index in [1.54, 1.807) is 36.4 Å². The normalized spacial score (nSPS) is 13.1. The Morgan fingerprint density at radius 1 is 0.857 bits per heavy atom. The first-order valence-corrected chi connectivity index (χ1v) is 6.69. The largest absolute Gasteiger partial charge is 0.288 e. The Kier molecular flexibility index (Phi) is 2.45. The Labute approximate surface area is 119 Å². The van der Waals surface area contributed by atoms with Crippen molar-refractivity contribution in [3.63, 3.8) is 0 Å². The van der Waals surface area contributed by atoms with E-state index in [0.29, 0.717) is 27.5 Å². The molecule has 0 saturated heterocycles. The van der Waals surface area contributed by atoms with Crippen LogP contribution in [0.1, 0.15) is 27.0 Å². The number of carbonyl (C=O) groups is 1. The lowest BCUT2D eigenvalue weighted by molar-refractivity contribution is 0.103. The number of hydrogen-bond donors (Lipinski definition) is 0. The molecule has 3 heteroatoms. The van der Waals surface area contributed by atoms with Gasteiger partial charge in [0, 0.05) is 17.5 Å². The molecule has 0 unspecified atom stereocenters. The van der Waals surface area contributed by atoms with E-state index < -0.39 is 17.4 Å². The Bertz CT molecular complexity index is 912. The first-order valence-electron chi connectivity index (χ1n) is 6.69. The second-order valence-electron chi connectivity index (χ2n) is 5.21. The van der Waals surface area contributed by atoms with Crippen LogP contribution in [0.3, 0.4) is 0 Å². The first-order chi connectivity index (χ1) is 10.2. The lowest BCUT2D eigenvalue weighted by atomic mass is 9.82. The standard InChI is InChI=1S/C18H10F2O/c19-14-7-3-5-11-8-13-15(20)9-10-4-1-2-6-12(10)17(13)18(21)16(11)14/h1-7,9H,8H2. The summed E-state index contributed by atoms with van der Waals surface area (Å²) < 4.78 is 28.3. The van der Waals surface area contributed by atoms with Crippen molar-refractivity contribution >= 4 is 16.6 Å². The zero-order chi connectivity index (χ0) is 14.6. The number of hydrogen-bond acceptors (Lipinski definition) is 1. The van der Waals surface area contributed by atoms with Crippen molar-refractivity contribution in [1.29, 1.82) is 0 Å². The summed E-state index contributed by atoms with van der Waals surface area (Å²) in [6.45, 7) is 0. The lowest BCUT2D eigenvalue weighted by Crippen LogP contribution is -2.18. The molecule has 0 saturated carbocycles. The monoisotopic (exact) mass is 280 g/mol. The number of rotatable bonds is 0. The molecule has 1 aliphatic rings. The minimum absolute atomic E-state index is 0.0701. The second kappa shape index (κ2) is 4.22. The van der Waals surface area contributed by atoms with Crippen molar-refractivity contribution in [1.82, 2.24) is 0 Å². The number of fused-ring (bicyclic) bond motifs is 4. The van der Waals surface area contributed by atoms with Gasteiger partial charge >= 0.3 is 0 Å². The summed E-state index contributed by atoms with van der Waals surface area (Å²) in [6.07, 6.45) is 0.241. The Balaban J connectivity index is 2.11. The molecule has 0 amide bonds. The van der Waals surface area contributed by atoms with Crippen LogP contribution in [0.15, 0.2) is 48.5 Å². The molecule has 1 nitrogen and oxygen atoms in total. The summed E-state index contributed by atoms with van der Waals surface area (Å²) >= 11 is 0. The van der Waals surface area contributed by atoms with Gasteiger partial charge in [0.05, 0.1) is 5.56 Å². The van der Waals surface area contributed by atoms with Gasteiger partial charge < -0.3 is 0 Å².